The number of nitro groups is 1. The molecule has 0 aliphatic carbocycles. The quantitative estimate of drug-likeness (QED) is 0.625. The zero-order chi connectivity index (χ0) is 14.7. The lowest BCUT2D eigenvalue weighted by Gasteiger charge is -2.19. The number of ether oxygens (including phenoxy) is 2. The number of fused-ring (bicyclic) bond motifs is 1. The molecule has 20 heavy (non-hydrogen) atoms. The molecule has 0 spiro atoms. The molecule has 2 rings (SSSR count). The molecule has 0 fully saturated rings. The second kappa shape index (κ2) is 5.74. The fourth-order valence-corrected chi connectivity index (χ4v) is 1.69. The van der Waals surface area contributed by atoms with Crippen LogP contribution in [0.15, 0.2) is 12.1 Å². The molecule has 0 bridgehead atoms. The van der Waals surface area contributed by atoms with Crippen molar-refractivity contribution < 1.29 is 19.2 Å². The molecule has 0 saturated heterocycles. The third-order valence-corrected chi connectivity index (χ3v) is 2.92. The summed E-state index contributed by atoms with van der Waals surface area (Å²) in [6.45, 7) is 2.49. The Balaban J connectivity index is 2.35. The van der Waals surface area contributed by atoms with Crippen LogP contribution in [0.5, 0.6) is 11.5 Å². The summed E-state index contributed by atoms with van der Waals surface area (Å²) in [5.74, 6) is -0.152. The van der Waals surface area contributed by atoms with Crippen molar-refractivity contribution in [2.24, 2.45) is 11.7 Å². The highest BCUT2D eigenvalue weighted by Gasteiger charge is 2.24. The Morgan fingerprint density at radius 1 is 1.45 bits per heavy atom. The van der Waals surface area contributed by atoms with Gasteiger partial charge in [0.15, 0.2) is 11.5 Å². The molecule has 1 aliphatic rings. The van der Waals surface area contributed by atoms with Gasteiger partial charge in [0, 0.05) is 18.5 Å². The summed E-state index contributed by atoms with van der Waals surface area (Å²) in [7, 11) is 0. The first-order valence-electron chi connectivity index (χ1n) is 6.12. The highest BCUT2D eigenvalue weighted by atomic mass is 16.6. The first-order chi connectivity index (χ1) is 9.52. The maximum Gasteiger partial charge on any atom is 0.296 e. The zero-order valence-electron chi connectivity index (χ0n) is 10.9. The van der Waals surface area contributed by atoms with Gasteiger partial charge in [-0.3, -0.25) is 14.9 Å². The van der Waals surface area contributed by atoms with Crippen LogP contribution >= 0.6 is 0 Å². The Hall–Kier alpha value is -2.35. The summed E-state index contributed by atoms with van der Waals surface area (Å²) < 4.78 is 10.6. The van der Waals surface area contributed by atoms with Crippen molar-refractivity contribution in [1.29, 1.82) is 0 Å². The molecular formula is C12H15N3O5. The van der Waals surface area contributed by atoms with Crippen LogP contribution in [0.25, 0.3) is 0 Å². The van der Waals surface area contributed by atoms with Crippen molar-refractivity contribution in [2.45, 2.75) is 6.92 Å². The van der Waals surface area contributed by atoms with Crippen LogP contribution < -0.4 is 20.5 Å². The van der Waals surface area contributed by atoms with Crippen LogP contribution in [-0.2, 0) is 4.79 Å². The van der Waals surface area contributed by atoms with Gasteiger partial charge in [-0.2, -0.15) is 0 Å². The maximum atomic E-state index is 11.8. The third-order valence-electron chi connectivity index (χ3n) is 2.92. The van der Waals surface area contributed by atoms with E-state index in [-0.39, 0.29) is 23.8 Å². The van der Waals surface area contributed by atoms with E-state index in [0.29, 0.717) is 24.7 Å². The monoisotopic (exact) mass is 281 g/mol. The lowest BCUT2D eigenvalue weighted by atomic mass is 10.1. The van der Waals surface area contributed by atoms with Crippen LogP contribution in [0.4, 0.5) is 11.4 Å². The van der Waals surface area contributed by atoms with Crippen LogP contribution in [0.1, 0.15) is 6.92 Å². The number of nitrogens with one attached hydrogen (secondary N) is 1. The van der Waals surface area contributed by atoms with Gasteiger partial charge in [-0.15, -0.1) is 0 Å². The van der Waals surface area contributed by atoms with Crippen molar-refractivity contribution in [1.82, 2.24) is 0 Å². The minimum absolute atomic E-state index is 0.0737. The van der Waals surface area contributed by atoms with Gasteiger partial charge in [0.25, 0.3) is 5.69 Å². The number of anilines is 1. The van der Waals surface area contributed by atoms with E-state index in [4.69, 9.17) is 15.2 Å². The second-order valence-electron chi connectivity index (χ2n) is 4.40. The fraction of sp³-hybridized carbons (Fsp3) is 0.417. The predicted octanol–water partition coefficient (Wildman–Crippen LogP) is 0.899. The number of rotatable bonds is 4. The first kappa shape index (κ1) is 14.1. The summed E-state index contributed by atoms with van der Waals surface area (Å²) >= 11 is 0. The van der Waals surface area contributed by atoms with Gasteiger partial charge in [-0.1, -0.05) is 6.92 Å². The first-order valence-corrected chi connectivity index (χ1v) is 6.12. The topological polar surface area (TPSA) is 117 Å². The molecule has 1 heterocycles. The summed E-state index contributed by atoms with van der Waals surface area (Å²) in [5, 5.41) is 13.6. The van der Waals surface area contributed by atoms with E-state index in [1.807, 2.05) is 0 Å². The molecule has 0 saturated carbocycles. The van der Waals surface area contributed by atoms with Gasteiger partial charge in [0.2, 0.25) is 5.91 Å². The molecule has 1 unspecified atom stereocenters. The predicted molar refractivity (Wildman–Crippen MR) is 70.9 cm³/mol. The number of nitrogens with two attached hydrogens (primary N) is 1. The van der Waals surface area contributed by atoms with Crippen molar-refractivity contribution in [3.05, 3.63) is 22.2 Å². The summed E-state index contributed by atoms with van der Waals surface area (Å²) in [5.41, 5.74) is 5.23. The molecule has 108 valence electrons. The average molecular weight is 281 g/mol. The molecule has 3 N–H and O–H groups in total. The highest BCUT2D eigenvalue weighted by Crippen LogP contribution is 2.39. The van der Waals surface area contributed by atoms with E-state index in [1.54, 1.807) is 6.92 Å². The summed E-state index contributed by atoms with van der Waals surface area (Å²) in [6.07, 6.45) is 0. The van der Waals surface area contributed by atoms with Gasteiger partial charge >= 0.3 is 0 Å². The summed E-state index contributed by atoms with van der Waals surface area (Å²) in [4.78, 5) is 22.3. The summed E-state index contributed by atoms with van der Waals surface area (Å²) in [6, 6.07) is 2.64. The second-order valence-corrected chi connectivity index (χ2v) is 4.40. The van der Waals surface area contributed by atoms with E-state index in [0.717, 1.165) is 0 Å². The molecule has 1 aliphatic heterocycles. The average Bonchev–Trinajstić information content (AvgIpc) is 2.45. The Labute approximate surface area is 115 Å². The Kier molecular flexibility index (Phi) is 4.04. The smallest absolute Gasteiger partial charge is 0.296 e. The van der Waals surface area contributed by atoms with E-state index in [2.05, 4.69) is 5.32 Å². The number of nitro benzene ring substituents is 1. The van der Waals surface area contributed by atoms with Gasteiger partial charge < -0.3 is 20.5 Å². The molecule has 1 aromatic carbocycles. The standard InChI is InChI=1S/C12H15N3O5/c1-7(6-13)12(16)14-8-4-10-11(20-3-2-19-10)5-9(8)15(17)18/h4-5,7H,2-3,6,13H2,1H3,(H,14,16). The van der Waals surface area contributed by atoms with Crippen LogP contribution in [0.3, 0.4) is 0 Å². The SMILES string of the molecule is CC(CN)C(=O)Nc1cc2c(cc1[N+](=O)[O-])OCCO2. The number of benzene rings is 1. The zero-order valence-corrected chi connectivity index (χ0v) is 10.9. The van der Waals surface area contributed by atoms with Crippen LogP contribution in [-0.4, -0.2) is 30.6 Å². The molecule has 1 amide bonds. The van der Waals surface area contributed by atoms with Gasteiger partial charge in [0.1, 0.15) is 18.9 Å². The maximum absolute atomic E-state index is 11.8. The van der Waals surface area contributed by atoms with E-state index in [1.165, 1.54) is 12.1 Å². The number of nitrogens with zero attached hydrogens (tertiary/aromatic N) is 1. The minimum atomic E-state index is -0.582. The number of hydrogen-bond acceptors (Lipinski definition) is 6. The Bertz CT molecular complexity index is 546. The van der Waals surface area contributed by atoms with E-state index < -0.39 is 10.8 Å². The van der Waals surface area contributed by atoms with Crippen molar-refractivity contribution >= 4 is 17.3 Å². The fourth-order valence-electron chi connectivity index (χ4n) is 1.69. The van der Waals surface area contributed by atoms with Crippen molar-refractivity contribution in [2.75, 3.05) is 25.1 Å². The van der Waals surface area contributed by atoms with Gasteiger partial charge in [0.05, 0.1) is 11.0 Å². The highest BCUT2D eigenvalue weighted by molar-refractivity contribution is 5.95. The van der Waals surface area contributed by atoms with E-state index in [9.17, 15) is 14.9 Å². The molecule has 8 heteroatoms. The Morgan fingerprint density at radius 3 is 2.60 bits per heavy atom. The molecule has 0 radical (unpaired) electrons. The van der Waals surface area contributed by atoms with Crippen LogP contribution in [0, 0.1) is 16.0 Å². The number of hydrogen-bond donors (Lipinski definition) is 2. The number of carbonyl (C=O) groups excluding carboxylic acids is 1. The molecule has 0 aromatic heterocycles. The van der Waals surface area contributed by atoms with E-state index >= 15 is 0 Å². The normalized spacial score (nSPS) is 14.5. The molecule has 1 atom stereocenters. The van der Waals surface area contributed by atoms with Gasteiger partial charge in [-0.05, 0) is 0 Å². The molecule has 1 aromatic rings. The third kappa shape index (κ3) is 2.80. The number of carbonyl (C=O) groups is 1. The van der Waals surface area contributed by atoms with Crippen LogP contribution in [0.2, 0.25) is 0 Å². The lowest BCUT2D eigenvalue weighted by molar-refractivity contribution is -0.384. The molecule has 8 nitrogen and oxygen atoms in total. The lowest BCUT2D eigenvalue weighted by Crippen LogP contribution is -2.27. The van der Waals surface area contributed by atoms with Gasteiger partial charge in [-0.25, -0.2) is 0 Å². The largest absolute Gasteiger partial charge is 0.486 e. The Morgan fingerprint density at radius 2 is 2.05 bits per heavy atom. The number of amides is 1. The molecular weight excluding hydrogens is 266 g/mol. The minimum Gasteiger partial charge on any atom is -0.486 e. The van der Waals surface area contributed by atoms with Crippen molar-refractivity contribution in [3.63, 3.8) is 0 Å². The van der Waals surface area contributed by atoms with Crippen molar-refractivity contribution in [3.8, 4) is 11.5 Å².